The van der Waals surface area contributed by atoms with Crippen LogP contribution in [-0.4, -0.2) is 21.6 Å². The molecule has 0 saturated carbocycles. The zero-order chi connectivity index (χ0) is 27.7. The topological polar surface area (TPSA) is 117 Å². The van der Waals surface area contributed by atoms with Gasteiger partial charge in [0.2, 0.25) is 0 Å². The number of non-ortho nitro benzene ring substituents is 1. The Morgan fingerprint density at radius 1 is 1.18 bits per heavy atom. The molecule has 9 nitrogen and oxygen atoms in total. The summed E-state index contributed by atoms with van der Waals surface area (Å²) in [5, 5.41) is 12.2. The third kappa shape index (κ3) is 5.50. The third-order valence-corrected chi connectivity index (χ3v) is 7.73. The number of fused-ring (bicyclic) bond motifs is 1. The van der Waals surface area contributed by atoms with E-state index in [4.69, 9.17) is 9.15 Å². The highest BCUT2D eigenvalue weighted by Crippen LogP contribution is 2.33. The van der Waals surface area contributed by atoms with Gasteiger partial charge in [-0.05, 0) is 50.6 Å². The molecule has 0 amide bonds. The molecule has 0 spiro atoms. The van der Waals surface area contributed by atoms with Gasteiger partial charge in [0.15, 0.2) is 9.89 Å². The summed E-state index contributed by atoms with van der Waals surface area (Å²) in [6.07, 6.45) is 1.23. The lowest BCUT2D eigenvalue weighted by atomic mass is 9.95. The Morgan fingerprint density at radius 2 is 1.95 bits per heavy atom. The van der Waals surface area contributed by atoms with Crippen LogP contribution in [0.15, 0.2) is 102 Å². The fourth-order valence-electron chi connectivity index (χ4n) is 4.18. The van der Waals surface area contributed by atoms with Crippen LogP contribution in [0.25, 0.3) is 6.08 Å². The lowest BCUT2D eigenvalue weighted by Crippen LogP contribution is -2.40. The summed E-state index contributed by atoms with van der Waals surface area (Å²) < 4.78 is 13.1. The highest BCUT2D eigenvalue weighted by atomic mass is 32.2. The quantitative estimate of drug-likeness (QED) is 0.180. The number of nitro groups is 1. The Bertz CT molecular complexity index is 1780. The number of thiazole rings is 1. The van der Waals surface area contributed by atoms with Gasteiger partial charge in [-0.1, -0.05) is 53.4 Å². The van der Waals surface area contributed by atoms with Crippen molar-refractivity contribution in [2.45, 2.75) is 42.9 Å². The van der Waals surface area contributed by atoms with Crippen molar-refractivity contribution in [3.63, 3.8) is 0 Å². The monoisotopic (exact) mass is 561 g/mol. The normalized spacial score (nSPS) is 15.3. The Balaban J connectivity index is 1.61. The Hall–Kier alpha value is -4.22. The molecule has 0 aliphatic carbocycles. The van der Waals surface area contributed by atoms with E-state index in [0.29, 0.717) is 31.4 Å². The number of aromatic nitrogens is 1. The third-order valence-electron chi connectivity index (χ3n) is 5.82. The van der Waals surface area contributed by atoms with Crippen LogP contribution < -0.4 is 14.9 Å². The van der Waals surface area contributed by atoms with Gasteiger partial charge < -0.3 is 9.15 Å². The van der Waals surface area contributed by atoms with Crippen molar-refractivity contribution < 1.29 is 18.9 Å². The van der Waals surface area contributed by atoms with E-state index in [1.54, 1.807) is 39.0 Å². The van der Waals surface area contributed by atoms with E-state index < -0.39 is 28.6 Å². The minimum atomic E-state index is -0.949. The number of furan rings is 1. The van der Waals surface area contributed by atoms with Crippen LogP contribution in [0.5, 0.6) is 0 Å². The lowest BCUT2D eigenvalue weighted by Gasteiger charge is -2.25. The second-order valence-corrected chi connectivity index (χ2v) is 11.0. The predicted octanol–water partition coefficient (Wildman–Crippen LogP) is 4.84. The largest absolute Gasteiger partial charge is 0.459 e. The van der Waals surface area contributed by atoms with Crippen molar-refractivity contribution in [1.29, 1.82) is 0 Å². The van der Waals surface area contributed by atoms with Gasteiger partial charge in [-0.15, -0.1) is 0 Å². The molecule has 1 aliphatic heterocycles. The Labute approximate surface area is 230 Å². The highest BCUT2D eigenvalue weighted by molar-refractivity contribution is 7.99. The first-order chi connectivity index (χ1) is 18.7. The van der Waals surface area contributed by atoms with Gasteiger partial charge >= 0.3 is 5.97 Å². The van der Waals surface area contributed by atoms with Crippen LogP contribution in [0.2, 0.25) is 0 Å². The average molecular weight is 562 g/mol. The molecule has 2 aromatic heterocycles. The average Bonchev–Trinajstić information content (AvgIpc) is 3.46. The maximum Gasteiger partial charge on any atom is 0.338 e. The van der Waals surface area contributed by atoms with E-state index in [1.165, 1.54) is 34.5 Å². The molecule has 4 aromatic rings. The van der Waals surface area contributed by atoms with Crippen LogP contribution in [0.1, 0.15) is 38.1 Å². The highest BCUT2D eigenvalue weighted by Gasteiger charge is 2.34. The molecule has 0 N–H and O–H groups in total. The van der Waals surface area contributed by atoms with Gasteiger partial charge in [0, 0.05) is 23.1 Å². The maximum absolute atomic E-state index is 13.7. The molecule has 1 aliphatic rings. The van der Waals surface area contributed by atoms with Gasteiger partial charge in [0.1, 0.15) is 5.76 Å². The maximum atomic E-state index is 13.7. The minimum absolute atomic E-state index is 0.153. The molecule has 0 fully saturated rings. The molecule has 2 aromatic carbocycles. The van der Waals surface area contributed by atoms with Crippen molar-refractivity contribution >= 4 is 40.8 Å². The van der Waals surface area contributed by atoms with E-state index in [9.17, 15) is 19.7 Å². The summed E-state index contributed by atoms with van der Waals surface area (Å²) in [5.41, 5.74) is 0.389. The molecule has 0 unspecified atom stereocenters. The van der Waals surface area contributed by atoms with E-state index in [0.717, 1.165) is 16.2 Å². The number of ether oxygens (including phenoxy) is 1. The van der Waals surface area contributed by atoms with Crippen LogP contribution in [-0.2, 0) is 9.53 Å². The molecule has 0 saturated heterocycles. The van der Waals surface area contributed by atoms with E-state index >= 15 is 0 Å². The summed E-state index contributed by atoms with van der Waals surface area (Å²) in [6, 6.07) is 18.3. The molecular weight excluding hydrogens is 538 g/mol. The standard InChI is InChI=1S/C28H23N3O6S2/c1-16(2)36-27(33)24-17(3)29-28-30(25(24)18-8-7-9-19(14-18)31(34)35)26(32)22(39-28)15-20-12-13-23(37-20)38-21-10-5-4-6-11-21/h4-16,25H,1-3H3/b22-15+/t25-/m0/s1. The van der Waals surface area contributed by atoms with Crippen molar-refractivity contribution in [2.75, 3.05) is 0 Å². The zero-order valence-corrected chi connectivity index (χ0v) is 22.8. The summed E-state index contributed by atoms with van der Waals surface area (Å²) in [7, 11) is 0. The molecule has 39 heavy (non-hydrogen) atoms. The number of carbonyl (C=O) groups is 1. The fourth-order valence-corrected chi connectivity index (χ4v) is 6.01. The summed E-state index contributed by atoms with van der Waals surface area (Å²) in [4.78, 5) is 43.8. The Morgan fingerprint density at radius 3 is 2.67 bits per heavy atom. The zero-order valence-electron chi connectivity index (χ0n) is 21.2. The number of benzene rings is 2. The van der Waals surface area contributed by atoms with Crippen LogP contribution in [0.4, 0.5) is 5.69 Å². The Kier molecular flexibility index (Phi) is 7.36. The van der Waals surface area contributed by atoms with Crippen molar-refractivity contribution in [3.8, 4) is 0 Å². The van der Waals surface area contributed by atoms with Gasteiger partial charge in [-0.25, -0.2) is 9.79 Å². The van der Waals surface area contributed by atoms with Crippen molar-refractivity contribution in [2.24, 2.45) is 4.99 Å². The number of carbonyl (C=O) groups excluding carboxylic acids is 1. The molecule has 0 bridgehead atoms. The summed E-state index contributed by atoms with van der Waals surface area (Å²) >= 11 is 2.61. The number of allylic oxidation sites excluding steroid dienone is 1. The van der Waals surface area contributed by atoms with Gasteiger partial charge in [0.05, 0.1) is 32.9 Å². The van der Waals surface area contributed by atoms with Gasteiger partial charge in [0.25, 0.3) is 11.2 Å². The second-order valence-electron chi connectivity index (χ2n) is 8.96. The van der Waals surface area contributed by atoms with Crippen molar-refractivity contribution in [3.05, 3.63) is 119 Å². The van der Waals surface area contributed by atoms with E-state index in [1.807, 2.05) is 36.4 Å². The molecule has 5 rings (SSSR count). The summed E-state index contributed by atoms with van der Waals surface area (Å²) in [5.74, 6) is -0.147. The molecular formula is C28H23N3O6S2. The van der Waals surface area contributed by atoms with Crippen molar-refractivity contribution in [1.82, 2.24) is 4.57 Å². The van der Waals surface area contributed by atoms with E-state index in [-0.39, 0.29) is 11.3 Å². The van der Waals surface area contributed by atoms with Crippen LogP contribution in [0.3, 0.4) is 0 Å². The van der Waals surface area contributed by atoms with Gasteiger partial charge in [-0.3, -0.25) is 19.5 Å². The molecule has 3 heterocycles. The first-order valence-corrected chi connectivity index (χ1v) is 13.6. The smallest absolute Gasteiger partial charge is 0.338 e. The van der Waals surface area contributed by atoms with E-state index in [2.05, 4.69) is 4.99 Å². The number of hydrogen-bond donors (Lipinski definition) is 0. The first-order valence-electron chi connectivity index (χ1n) is 12.0. The summed E-state index contributed by atoms with van der Waals surface area (Å²) in [6.45, 7) is 5.11. The second kappa shape index (κ2) is 10.9. The molecule has 11 heteroatoms. The minimum Gasteiger partial charge on any atom is -0.459 e. The number of nitrogens with zero attached hydrogens (tertiary/aromatic N) is 3. The number of hydrogen-bond acceptors (Lipinski definition) is 9. The van der Waals surface area contributed by atoms with Crippen LogP contribution >= 0.6 is 23.1 Å². The van der Waals surface area contributed by atoms with Gasteiger partial charge in [-0.2, -0.15) is 0 Å². The SMILES string of the molecule is CC1=C(C(=O)OC(C)C)[C@H](c2cccc([N+](=O)[O-])c2)n2c(s/c(=C/c3ccc(Sc4ccccc4)o3)c2=O)=N1. The lowest BCUT2D eigenvalue weighted by molar-refractivity contribution is -0.384. The molecule has 198 valence electrons. The molecule has 0 radical (unpaired) electrons. The molecule has 1 atom stereocenters. The predicted molar refractivity (Wildman–Crippen MR) is 147 cm³/mol. The fraction of sp³-hybridized carbons (Fsp3) is 0.179. The number of esters is 1. The number of rotatable bonds is 7. The number of nitro benzene ring substituents is 1. The van der Waals surface area contributed by atoms with Crippen LogP contribution in [0, 0.1) is 10.1 Å². The first kappa shape index (κ1) is 26.4.